The van der Waals surface area contributed by atoms with Crippen LogP contribution >= 0.6 is 0 Å². The van der Waals surface area contributed by atoms with E-state index in [-0.39, 0.29) is 6.92 Å². The van der Waals surface area contributed by atoms with Crippen LogP contribution in [0.2, 0.25) is 0 Å². The Bertz CT molecular complexity index is 559. The molecule has 1 N–H and O–H groups in total. The average molecular weight is 428 g/mol. The third-order valence-corrected chi connectivity index (χ3v) is 3.01. The highest BCUT2D eigenvalue weighted by atomic mass is 19.4. The minimum Gasteiger partial charge on any atom is -0.458 e. The van der Waals surface area contributed by atoms with Crippen LogP contribution < -0.4 is 0 Å². The van der Waals surface area contributed by atoms with Crippen molar-refractivity contribution in [2.45, 2.75) is 75.2 Å². The van der Waals surface area contributed by atoms with Gasteiger partial charge in [0.15, 0.2) is 5.60 Å². The molecule has 14 heteroatoms. The molecule has 0 aromatic carbocycles. The predicted octanol–water partition coefficient (Wildman–Crippen LogP) is 4.57. The smallest absolute Gasteiger partial charge is 0.458 e. The summed E-state index contributed by atoms with van der Waals surface area (Å²) in [6.45, 7) is 3.55. The fourth-order valence-electron chi connectivity index (χ4n) is 1.61. The molecule has 0 heterocycles. The minimum absolute atomic E-state index is 0.116. The molecule has 0 aliphatic heterocycles. The second-order valence-corrected chi connectivity index (χ2v) is 6.88. The van der Waals surface area contributed by atoms with Crippen molar-refractivity contribution in [3.63, 3.8) is 0 Å². The van der Waals surface area contributed by atoms with Crippen molar-refractivity contribution in [1.29, 1.82) is 0 Å². The number of carbonyl (C=O) groups is 1. The molecule has 0 fully saturated rings. The molecule has 0 rings (SSSR count). The lowest BCUT2D eigenvalue weighted by atomic mass is 9.89. The summed E-state index contributed by atoms with van der Waals surface area (Å²) in [5, 5.41) is 9.53. The number of rotatable bonds is 6. The largest absolute Gasteiger partial charge is 0.460 e. The summed E-state index contributed by atoms with van der Waals surface area (Å²) in [5.74, 6) is -30.8. The Balaban J connectivity index is 5.95. The van der Waals surface area contributed by atoms with Crippen LogP contribution in [0.3, 0.4) is 0 Å². The Labute approximate surface area is 145 Å². The Morgan fingerprint density at radius 2 is 1.11 bits per heavy atom. The highest BCUT2D eigenvalue weighted by Crippen LogP contribution is 2.58. The van der Waals surface area contributed by atoms with E-state index in [2.05, 4.69) is 4.74 Å². The first-order valence-corrected chi connectivity index (χ1v) is 6.87. The van der Waals surface area contributed by atoms with Gasteiger partial charge in [0.1, 0.15) is 5.60 Å². The van der Waals surface area contributed by atoms with E-state index in [1.54, 1.807) is 0 Å². The van der Waals surface area contributed by atoms with E-state index in [0.717, 1.165) is 20.8 Å². The van der Waals surface area contributed by atoms with Crippen LogP contribution in [-0.2, 0) is 9.53 Å². The SMILES string of the molecule is CC(C)(C)OC(=O)C(C)(O)CC(F)(F)C(F)(F)C(F)(F)C(F)(F)C(F)(F)F. The molecule has 0 radical (unpaired) electrons. The zero-order chi connectivity index (χ0) is 22.5. The van der Waals surface area contributed by atoms with E-state index in [1.165, 1.54) is 0 Å². The third kappa shape index (κ3) is 4.74. The van der Waals surface area contributed by atoms with Crippen molar-refractivity contribution in [1.82, 2.24) is 0 Å². The second-order valence-electron chi connectivity index (χ2n) is 6.88. The minimum atomic E-state index is -7.61. The first-order chi connectivity index (χ1) is 11.3. The molecule has 0 aromatic rings. The van der Waals surface area contributed by atoms with Crippen LogP contribution in [0, 0.1) is 0 Å². The Kier molecular flexibility index (Phi) is 6.29. The van der Waals surface area contributed by atoms with Crippen LogP contribution in [0.1, 0.15) is 34.1 Å². The van der Waals surface area contributed by atoms with Gasteiger partial charge in [0.05, 0.1) is 6.42 Å². The molecule has 0 amide bonds. The molecule has 0 aliphatic carbocycles. The number of halogens is 11. The molecule has 0 aliphatic rings. The molecule has 1 atom stereocenters. The molecule has 0 aromatic heterocycles. The van der Waals surface area contributed by atoms with E-state index >= 15 is 0 Å². The second kappa shape index (κ2) is 6.62. The van der Waals surface area contributed by atoms with Crippen molar-refractivity contribution in [2.24, 2.45) is 0 Å². The van der Waals surface area contributed by atoms with Crippen LogP contribution in [0.5, 0.6) is 0 Å². The number of esters is 1. The zero-order valence-electron chi connectivity index (χ0n) is 14.1. The summed E-state index contributed by atoms with van der Waals surface area (Å²) in [5.41, 5.74) is -5.09. The molecule has 3 nitrogen and oxygen atoms in total. The maximum atomic E-state index is 13.6. The first kappa shape index (κ1) is 25.7. The summed E-state index contributed by atoms with van der Waals surface area (Å²) >= 11 is 0. The lowest BCUT2D eigenvalue weighted by Crippen LogP contribution is -2.67. The molecule has 162 valence electrons. The first-order valence-electron chi connectivity index (χ1n) is 6.87. The van der Waals surface area contributed by atoms with Gasteiger partial charge in [-0.3, -0.25) is 0 Å². The van der Waals surface area contributed by atoms with Crippen molar-refractivity contribution in [3.8, 4) is 0 Å². The molecule has 0 spiro atoms. The number of hydrogen-bond donors (Lipinski definition) is 1. The quantitative estimate of drug-likeness (QED) is 0.498. The maximum absolute atomic E-state index is 13.6. The summed E-state index contributed by atoms with van der Waals surface area (Å²) < 4.78 is 146. The average Bonchev–Trinajstić information content (AvgIpc) is 2.33. The molecule has 0 saturated heterocycles. The van der Waals surface area contributed by atoms with Crippen molar-refractivity contribution < 1.29 is 62.9 Å². The van der Waals surface area contributed by atoms with Gasteiger partial charge in [-0.15, -0.1) is 0 Å². The summed E-state index contributed by atoms with van der Waals surface area (Å²) in [4.78, 5) is 11.5. The Morgan fingerprint density at radius 3 is 1.41 bits per heavy atom. The number of ether oxygens (including phenoxy) is 1. The number of alkyl halides is 11. The number of carbonyl (C=O) groups excluding carboxylic acids is 1. The van der Waals surface area contributed by atoms with E-state index in [9.17, 15) is 58.2 Å². The summed E-state index contributed by atoms with van der Waals surface area (Å²) in [7, 11) is 0. The maximum Gasteiger partial charge on any atom is 0.460 e. The molecule has 1 unspecified atom stereocenters. The summed E-state index contributed by atoms with van der Waals surface area (Å²) in [6, 6.07) is 0. The highest BCUT2D eigenvalue weighted by Gasteiger charge is 2.87. The topological polar surface area (TPSA) is 46.5 Å². The fraction of sp³-hybridized carbons (Fsp3) is 0.923. The Hall–Kier alpha value is -1.34. The lowest BCUT2D eigenvalue weighted by Gasteiger charge is -2.39. The van der Waals surface area contributed by atoms with E-state index in [1.807, 2.05) is 0 Å². The standard InChI is InChI=1S/C13H15F11O3/c1-7(2,3)27-6(25)8(4,26)5-9(14,15)10(16,17)11(18,19)12(20,21)13(22,23)24/h26H,5H2,1-4H3. The fourth-order valence-corrected chi connectivity index (χ4v) is 1.61. The molecular weight excluding hydrogens is 413 g/mol. The van der Waals surface area contributed by atoms with E-state index in [4.69, 9.17) is 0 Å². The molecule has 0 saturated carbocycles. The van der Waals surface area contributed by atoms with Gasteiger partial charge in [0.25, 0.3) is 0 Å². The van der Waals surface area contributed by atoms with Crippen LogP contribution in [0.25, 0.3) is 0 Å². The van der Waals surface area contributed by atoms with Gasteiger partial charge < -0.3 is 9.84 Å². The monoisotopic (exact) mass is 428 g/mol. The van der Waals surface area contributed by atoms with Gasteiger partial charge in [0.2, 0.25) is 0 Å². The lowest BCUT2D eigenvalue weighted by molar-refractivity contribution is -0.424. The van der Waals surface area contributed by atoms with Gasteiger partial charge in [-0.2, -0.15) is 48.3 Å². The van der Waals surface area contributed by atoms with Gasteiger partial charge >= 0.3 is 35.8 Å². The Morgan fingerprint density at radius 1 is 0.741 bits per heavy atom. The zero-order valence-corrected chi connectivity index (χ0v) is 14.1. The van der Waals surface area contributed by atoms with Gasteiger partial charge in [-0.05, 0) is 27.7 Å². The summed E-state index contributed by atoms with van der Waals surface area (Å²) in [6.07, 6.45) is -10.2. The van der Waals surface area contributed by atoms with E-state index in [0.29, 0.717) is 0 Å². The van der Waals surface area contributed by atoms with Gasteiger partial charge in [-0.25, -0.2) is 4.79 Å². The molecule has 27 heavy (non-hydrogen) atoms. The third-order valence-electron chi connectivity index (χ3n) is 3.01. The number of hydrogen-bond acceptors (Lipinski definition) is 3. The normalized spacial score (nSPS) is 17.5. The van der Waals surface area contributed by atoms with E-state index < -0.39 is 53.5 Å². The van der Waals surface area contributed by atoms with Crippen molar-refractivity contribution in [3.05, 3.63) is 0 Å². The van der Waals surface area contributed by atoms with Crippen LogP contribution in [-0.4, -0.2) is 52.1 Å². The van der Waals surface area contributed by atoms with Gasteiger partial charge in [0, 0.05) is 0 Å². The van der Waals surface area contributed by atoms with Gasteiger partial charge in [-0.1, -0.05) is 0 Å². The molecule has 0 bridgehead atoms. The predicted molar refractivity (Wildman–Crippen MR) is 66.9 cm³/mol. The van der Waals surface area contributed by atoms with Crippen LogP contribution in [0.15, 0.2) is 0 Å². The number of aliphatic hydroxyl groups is 1. The highest BCUT2D eigenvalue weighted by molar-refractivity contribution is 5.79. The van der Waals surface area contributed by atoms with Crippen molar-refractivity contribution in [2.75, 3.05) is 0 Å². The van der Waals surface area contributed by atoms with Crippen LogP contribution in [0.4, 0.5) is 48.3 Å². The molecular formula is C13H15F11O3. The van der Waals surface area contributed by atoms with Crippen molar-refractivity contribution >= 4 is 5.97 Å².